The molecule has 0 aliphatic heterocycles. The van der Waals surface area contributed by atoms with Crippen molar-refractivity contribution in [3.8, 4) is 5.75 Å². The van der Waals surface area contributed by atoms with Crippen LogP contribution in [0.3, 0.4) is 0 Å². The van der Waals surface area contributed by atoms with Gasteiger partial charge in [0.2, 0.25) is 11.9 Å². The van der Waals surface area contributed by atoms with Crippen LogP contribution >= 0.6 is 24.1 Å². The second-order valence-electron chi connectivity index (χ2n) is 9.37. The maximum atomic E-state index is 12.4. The number of phenols is 1. The lowest BCUT2D eigenvalue weighted by Gasteiger charge is -2.12. The summed E-state index contributed by atoms with van der Waals surface area (Å²) in [5, 5.41) is 50.3. The van der Waals surface area contributed by atoms with E-state index < -0.39 is 26.5 Å². The highest BCUT2D eigenvalue weighted by molar-refractivity contribution is 7.94. The molecule has 0 saturated carbocycles. The summed E-state index contributed by atoms with van der Waals surface area (Å²) in [4.78, 5) is 12.9. The number of fused-ring (bicyclic) bond motifs is 1. The highest BCUT2D eigenvalue weighted by Crippen LogP contribution is 2.44. The van der Waals surface area contributed by atoms with Gasteiger partial charge in [0.15, 0.2) is 5.75 Å². The standard InChI is InChI=1S/C27H23N7O10S3.C2H6/c1-14-10-19(45-43-41-36)11-16-12-22(47(38,39)40)24(25(35)23(14)16)34-33-20-13-18(8-9-21(20)46-44-42-37)31-27-29-15(2)28-26(32-27)30-17-6-4-3-5-7-17;1-2/h3-13,35-37H,1-2H3,(H,38,39,40)(H2,28,29,30,31,32);1-2H3. The Bertz CT molecular complexity index is 2060. The molecule has 0 radical (unpaired) electrons. The number of rotatable bonds is 13. The van der Waals surface area contributed by atoms with E-state index in [0.29, 0.717) is 46.1 Å². The van der Waals surface area contributed by atoms with Crippen molar-refractivity contribution in [2.75, 3.05) is 10.6 Å². The van der Waals surface area contributed by atoms with Gasteiger partial charge >= 0.3 is 0 Å². The first-order chi connectivity index (χ1) is 23.5. The molecule has 0 atom stereocenters. The van der Waals surface area contributed by atoms with E-state index in [-0.39, 0.29) is 33.3 Å². The van der Waals surface area contributed by atoms with Gasteiger partial charge in [0.1, 0.15) is 22.1 Å². The van der Waals surface area contributed by atoms with Crippen molar-refractivity contribution in [2.45, 2.75) is 42.4 Å². The van der Waals surface area contributed by atoms with Crippen LogP contribution in [0.4, 0.5) is 34.6 Å². The number of aromatic hydroxyl groups is 1. The SMILES string of the molecule is CC.Cc1nc(Nc2ccccc2)nc(Nc2ccc(SOOO)c(N=Nc3c(S(=O)(=O)O)cc4cc(SOOO)cc(C)c4c3O)c2)n1. The fourth-order valence-corrected chi connectivity index (χ4v) is 5.91. The number of nitrogens with zero attached hydrogens (tertiary/aromatic N) is 5. The number of aromatic nitrogens is 3. The van der Waals surface area contributed by atoms with E-state index in [1.165, 1.54) is 18.2 Å². The molecule has 0 bridgehead atoms. The Morgan fingerprint density at radius 2 is 1.45 bits per heavy atom. The smallest absolute Gasteiger partial charge is 0.296 e. The molecule has 49 heavy (non-hydrogen) atoms. The molecule has 5 rings (SSSR count). The molecule has 4 aromatic carbocycles. The van der Waals surface area contributed by atoms with Crippen LogP contribution in [0.2, 0.25) is 0 Å². The van der Waals surface area contributed by atoms with Crippen LogP contribution in [0.1, 0.15) is 25.2 Å². The molecule has 1 heterocycles. The van der Waals surface area contributed by atoms with Crippen LogP contribution in [0, 0.1) is 13.8 Å². The Kier molecular flexibility index (Phi) is 13.2. The number of hydrogen-bond acceptors (Lipinski definition) is 18. The van der Waals surface area contributed by atoms with Gasteiger partial charge in [-0.25, -0.2) is 10.5 Å². The lowest BCUT2D eigenvalue weighted by atomic mass is 10.0. The van der Waals surface area contributed by atoms with Gasteiger partial charge in [-0.3, -0.25) is 4.55 Å². The largest absolute Gasteiger partial charge is 0.505 e. The molecule has 6 N–H and O–H groups in total. The number of aryl methyl sites for hydroxylation is 2. The molecule has 0 saturated heterocycles. The third-order valence-corrected chi connectivity index (χ3v) is 8.24. The number of phenolic OH excluding ortho intramolecular Hbond substituents is 1. The van der Waals surface area contributed by atoms with Crippen LogP contribution in [-0.2, 0) is 28.9 Å². The second kappa shape index (κ2) is 17.3. The number of nitrogens with one attached hydrogen (secondary N) is 2. The third kappa shape index (κ3) is 9.79. The van der Waals surface area contributed by atoms with E-state index in [0.717, 1.165) is 11.8 Å². The van der Waals surface area contributed by atoms with Crippen LogP contribution in [0.15, 0.2) is 91.6 Å². The molecular weight excluding hydrogens is 703 g/mol. The van der Waals surface area contributed by atoms with Crippen LogP contribution in [0.5, 0.6) is 5.75 Å². The van der Waals surface area contributed by atoms with Crippen molar-refractivity contribution in [3.05, 3.63) is 78.1 Å². The monoisotopic (exact) mass is 731 g/mol. The summed E-state index contributed by atoms with van der Waals surface area (Å²) < 4.78 is 43.8. The van der Waals surface area contributed by atoms with E-state index in [1.807, 2.05) is 44.2 Å². The lowest BCUT2D eigenvalue weighted by Crippen LogP contribution is -2.05. The fraction of sp³-hybridized carbons (Fsp3) is 0.138. The van der Waals surface area contributed by atoms with Gasteiger partial charge in [-0.15, -0.1) is 18.9 Å². The minimum atomic E-state index is -4.94. The molecule has 20 heteroatoms. The minimum Gasteiger partial charge on any atom is -0.505 e. The second-order valence-corrected chi connectivity index (χ2v) is 12.3. The normalized spacial score (nSPS) is 11.4. The van der Waals surface area contributed by atoms with Gasteiger partial charge in [0.05, 0.1) is 29.0 Å². The summed E-state index contributed by atoms with van der Waals surface area (Å²) in [6, 6.07) is 18.0. The summed E-state index contributed by atoms with van der Waals surface area (Å²) in [7, 11) is -4.94. The summed E-state index contributed by atoms with van der Waals surface area (Å²) in [6.07, 6.45) is 0. The molecule has 0 aliphatic carbocycles. The maximum absolute atomic E-state index is 12.4. The Hall–Kier alpha value is -4.48. The highest BCUT2D eigenvalue weighted by Gasteiger charge is 2.24. The van der Waals surface area contributed by atoms with Gasteiger partial charge in [-0.1, -0.05) is 42.1 Å². The van der Waals surface area contributed by atoms with E-state index in [9.17, 15) is 18.1 Å². The Balaban J connectivity index is 0.00000265. The summed E-state index contributed by atoms with van der Waals surface area (Å²) in [5.41, 5.74) is 1.12. The maximum Gasteiger partial charge on any atom is 0.296 e. The van der Waals surface area contributed by atoms with Crippen molar-refractivity contribution >= 4 is 79.6 Å². The molecule has 1 aromatic heterocycles. The minimum absolute atomic E-state index is 0.0517. The number of azo groups is 1. The van der Waals surface area contributed by atoms with E-state index in [4.69, 9.17) is 10.5 Å². The third-order valence-electron chi connectivity index (χ3n) is 6.16. The van der Waals surface area contributed by atoms with Crippen molar-refractivity contribution in [1.29, 1.82) is 0 Å². The van der Waals surface area contributed by atoms with Crippen molar-refractivity contribution in [1.82, 2.24) is 15.0 Å². The summed E-state index contributed by atoms with van der Waals surface area (Å²) in [6.45, 7) is 7.32. The van der Waals surface area contributed by atoms with E-state index in [2.05, 4.69) is 54.6 Å². The lowest BCUT2D eigenvalue weighted by molar-refractivity contribution is -0.432. The van der Waals surface area contributed by atoms with Gasteiger partial charge < -0.3 is 15.7 Å². The molecule has 0 spiro atoms. The number of anilines is 4. The molecule has 5 aromatic rings. The van der Waals surface area contributed by atoms with Crippen LogP contribution in [0.25, 0.3) is 10.8 Å². The topological polar surface area (TPSA) is 239 Å². The predicted octanol–water partition coefficient (Wildman–Crippen LogP) is 8.38. The van der Waals surface area contributed by atoms with Crippen molar-refractivity contribution in [2.24, 2.45) is 10.2 Å². The zero-order valence-corrected chi connectivity index (χ0v) is 28.5. The van der Waals surface area contributed by atoms with Gasteiger partial charge in [-0.05, 0) is 73.3 Å². The zero-order chi connectivity index (χ0) is 35.6. The Morgan fingerprint density at radius 3 is 2.10 bits per heavy atom. The molecule has 0 amide bonds. The molecule has 0 unspecified atom stereocenters. The highest BCUT2D eigenvalue weighted by atomic mass is 32.2. The fourth-order valence-electron chi connectivity index (χ4n) is 4.33. The Labute approximate surface area is 288 Å². The van der Waals surface area contributed by atoms with Gasteiger partial charge in [0, 0.05) is 21.7 Å². The molecule has 0 aliphatic rings. The average molecular weight is 732 g/mol. The molecular formula is C29H29N7O10S3. The first-order valence-corrected chi connectivity index (χ1v) is 16.9. The Morgan fingerprint density at radius 1 is 0.796 bits per heavy atom. The number of para-hydroxylation sites is 1. The first-order valence-electron chi connectivity index (χ1n) is 14.0. The first kappa shape index (κ1) is 37.3. The average Bonchev–Trinajstić information content (AvgIpc) is 3.07. The van der Waals surface area contributed by atoms with E-state index in [1.54, 1.807) is 26.0 Å². The zero-order valence-electron chi connectivity index (χ0n) is 26.1. The molecule has 258 valence electrons. The summed E-state index contributed by atoms with van der Waals surface area (Å²) >= 11 is 1.17. The quantitative estimate of drug-likeness (QED) is 0.0219. The molecule has 0 fully saturated rings. The van der Waals surface area contributed by atoms with Crippen molar-refractivity contribution < 1.29 is 47.3 Å². The summed E-state index contributed by atoms with van der Waals surface area (Å²) in [5.74, 6) is 0.289. The predicted molar refractivity (Wildman–Crippen MR) is 181 cm³/mol. The van der Waals surface area contributed by atoms with Gasteiger partial charge in [0.25, 0.3) is 10.1 Å². The number of benzene rings is 4. The van der Waals surface area contributed by atoms with Crippen molar-refractivity contribution in [3.63, 3.8) is 0 Å². The van der Waals surface area contributed by atoms with Crippen LogP contribution in [-0.4, -0.2) is 43.5 Å². The van der Waals surface area contributed by atoms with Crippen LogP contribution < -0.4 is 10.6 Å². The van der Waals surface area contributed by atoms with E-state index >= 15 is 0 Å². The molecule has 17 nitrogen and oxygen atoms in total. The number of hydrogen-bond donors (Lipinski definition) is 6. The van der Waals surface area contributed by atoms with Gasteiger partial charge in [-0.2, -0.15) is 23.4 Å².